The standard InChI is InChI=1S/C12H21NO4/c1-9-5-3-4-6-10(9)17-8-11(14)13(2)7-12(15)16/h9-10H,3-8H2,1-2H3,(H,15,16)/t9-,10+/m0/s1. The Balaban J connectivity index is 2.29. The van der Waals surface area contributed by atoms with E-state index >= 15 is 0 Å². The Kier molecular flexibility index (Phi) is 5.41. The van der Waals surface area contributed by atoms with Gasteiger partial charge in [-0.1, -0.05) is 19.8 Å². The zero-order chi connectivity index (χ0) is 12.8. The van der Waals surface area contributed by atoms with Crippen molar-refractivity contribution in [2.24, 2.45) is 5.92 Å². The van der Waals surface area contributed by atoms with Gasteiger partial charge in [0.2, 0.25) is 5.91 Å². The summed E-state index contributed by atoms with van der Waals surface area (Å²) in [6.07, 6.45) is 4.66. The second-order valence-electron chi connectivity index (χ2n) is 4.75. The van der Waals surface area contributed by atoms with E-state index in [9.17, 15) is 9.59 Å². The molecule has 98 valence electrons. The van der Waals surface area contributed by atoms with Gasteiger partial charge in [0.05, 0.1) is 6.10 Å². The number of aliphatic carboxylic acids is 1. The fraction of sp³-hybridized carbons (Fsp3) is 0.833. The van der Waals surface area contributed by atoms with Gasteiger partial charge in [0.25, 0.3) is 0 Å². The topological polar surface area (TPSA) is 66.8 Å². The number of carbonyl (C=O) groups is 2. The number of carboxylic acid groups (broad SMARTS) is 1. The molecular formula is C12H21NO4. The van der Waals surface area contributed by atoms with E-state index in [2.05, 4.69) is 6.92 Å². The largest absolute Gasteiger partial charge is 0.480 e. The quantitative estimate of drug-likeness (QED) is 0.786. The van der Waals surface area contributed by atoms with Crippen molar-refractivity contribution in [1.29, 1.82) is 0 Å². The van der Waals surface area contributed by atoms with Crippen molar-refractivity contribution in [3.8, 4) is 0 Å². The van der Waals surface area contributed by atoms with Gasteiger partial charge in [-0.2, -0.15) is 0 Å². The third-order valence-electron chi connectivity index (χ3n) is 3.25. The summed E-state index contributed by atoms with van der Waals surface area (Å²) in [4.78, 5) is 23.2. The highest BCUT2D eigenvalue weighted by Gasteiger charge is 2.23. The molecule has 0 saturated heterocycles. The first-order valence-corrected chi connectivity index (χ1v) is 6.08. The molecule has 0 aliphatic heterocycles. The van der Waals surface area contributed by atoms with Crippen molar-refractivity contribution in [3.63, 3.8) is 0 Å². The maximum atomic E-state index is 11.6. The highest BCUT2D eigenvalue weighted by molar-refractivity contribution is 5.81. The van der Waals surface area contributed by atoms with Gasteiger partial charge in [-0.3, -0.25) is 9.59 Å². The third kappa shape index (κ3) is 4.73. The van der Waals surface area contributed by atoms with Crippen LogP contribution in [0.1, 0.15) is 32.6 Å². The molecule has 0 bridgehead atoms. The van der Waals surface area contributed by atoms with Crippen LogP contribution in [0.25, 0.3) is 0 Å². The predicted molar refractivity (Wildman–Crippen MR) is 62.6 cm³/mol. The monoisotopic (exact) mass is 243 g/mol. The second kappa shape index (κ2) is 6.59. The first-order valence-electron chi connectivity index (χ1n) is 6.08. The normalized spacial score (nSPS) is 24.4. The van der Waals surface area contributed by atoms with Crippen LogP contribution in [-0.4, -0.2) is 48.2 Å². The van der Waals surface area contributed by atoms with Gasteiger partial charge in [-0.05, 0) is 18.8 Å². The van der Waals surface area contributed by atoms with Crippen LogP contribution in [0, 0.1) is 5.92 Å². The van der Waals surface area contributed by atoms with Gasteiger partial charge in [-0.15, -0.1) is 0 Å². The number of amides is 1. The van der Waals surface area contributed by atoms with E-state index in [4.69, 9.17) is 9.84 Å². The van der Waals surface area contributed by atoms with Gasteiger partial charge in [0.15, 0.2) is 0 Å². The molecule has 0 aromatic carbocycles. The molecular weight excluding hydrogens is 222 g/mol. The molecule has 0 radical (unpaired) electrons. The van der Waals surface area contributed by atoms with Crippen LogP contribution in [0.4, 0.5) is 0 Å². The van der Waals surface area contributed by atoms with Crippen molar-refractivity contribution < 1.29 is 19.4 Å². The summed E-state index contributed by atoms with van der Waals surface area (Å²) in [5.74, 6) is -0.793. The van der Waals surface area contributed by atoms with E-state index in [0.717, 1.165) is 19.3 Å². The maximum Gasteiger partial charge on any atom is 0.323 e. The van der Waals surface area contributed by atoms with E-state index in [-0.39, 0.29) is 25.2 Å². The van der Waals surface area contributed by atoms with E-state index in [1.54, 1.807) is 0 Å². The molecule has 2 atom stereocenters. The van der Waals surface area contributed by atoms with Crippen molar-refractivity contribution in [2.75, 3.05) is 20.2 Å². The summed E-state index contributed by atoms with van der Waals surface area (Å²) in [7, 11) is 1.48. The van der Waals surface area contributed by atoms with Gasteiger partial charge in [0, 0.05) is 7.05 Å². The number of carbonyl (C=O) groups excluding carboxylic acids is 1. The Morgan fingerprint density at radius 2 is 2.00 bits per heavy atom. The van der Waals surface area contributed by atoms with Crippen LogP contribution in [0.5, 0.6) is 0 Å². The first kappa shape index (κ1) is 14.0. The molecule has 0 aromatic heterocycles. The maximum absolute atomic E-state index is 11.6. The number of carboxylic acids is 1. The lowest BCUT2D eigenvalue weighted by molar-refractivity contribution is -0.147. The SMILES string of the molecule is C[C@H]1CCCC[C@H]1OCC(=O)N(C)CC(=O)O. The summed E-state index contributed by atoms with van der Waals surface area (Å²) >= 11 is 0. The number of likely N-dealkylation sites (N-methyl/N-ethyl adjacent to an activating group) is 1. The van der Waals surface area contributed by atoms with Crippen LogP contribution in [0.3, 0.4) is 0 Å². The zero-order valence-corrected chi connectivity index (χ0v) is 10.5. The summed E-state index contributed by atoms with van der Waals surface area (Å²) in [6.45, 7) is 1.84. The summed E-state index contributed by atoms with van der Waals surface area (Å²) < 4.78 is 5.58. The van der Waals surface area contributed by atoms with Crippen LogP contribution in [-0.2, 0) is 14.3 Å². The first-order chi connectivity index (χ1) is 8.00. The fourth-order valence-electron chi connectivity index (χ4n) is 2.11. The average molecular weight is 243 g/mol. The Labute approximate surface area is 102 Å². The summed E-state index contributed by atoms with van der Waals surface area (Å²) in [6, 6.07) is 0. The highest BCUT2D eigenvalue weighted by atomic mass is 16.5. The van der Waals surface area contributed by atoms with Crippen LogP contribution < -0.4 is 0 Å². The molecule has 1 aliphatic carbocycles. The lowest BCUT2D eigenvalue weighted by Crippen LogP contribution is -2.37. The molecule has 0 aromatic rings. The van der Waals surface area contributed by atoms with Crippen molar-refractivity contribution in [2.45, 2.75) is 38.7 Å². The van der Waals surface area contributed by atoms with E-state index in [1.807, 2.05) is 0 Å². The van der Waals surface area contributed by atoms with Crippen molar-refractivity contribution >= 4 is 11.9 Å². The average Bonchev–Trinajstić information content (AvgIpc) is 2.26. The molecule has 1 saturated carbocycles. The number of hydrogen-bond acceptors (Lipinski definition) is 3. The molecule has 0 spiro atoms. The Morgan fingerprint density at radius 1 is 1.35 bits per heavy atom. The molecule has 17 heavy (non-hydrogen) atoms. The summed E-state index contributed by atoms with van der Waals surface area (Å²) in [5.41, 5.74) is 0. The van der Waals surface area contributed by atoms with E-state index in [0.29, 0.717) is 5.92 Å². The van der Waals surface area contributed by atoms with Crippen molar-refractivity contribution in [1.82, 2.24) is 4.90 Å². The molecule has 0 unspecified atom stereocenters. The van der Waals surface area contributed by atoms with Crippen LogP contribution >= 0.6 is 0 Å². The number of rotatable bonds is 5. The molecule has 1 amide bonds. The molecule has 5 nitrogen and oxygen atoms in total. The van der Waals surface area contributed by atoms with Crippen LogP contribution in [0.2, 0.25) is 0 Å². The minimum atomic E-state index is -1.01. The zero-order valence-electron chi connectivity index (χ0n) is 10.5. The Morgan fingerprint density at radius 3 is 2.59 bits per heavy atom. The highest BCUT2D eigenvalue weighted by Crippen LogP contribution is 2.26. The second-order valence-corrected chi connectivity index (χ2v) is 4.75. The molecule has 1 aliphatic rings. The molecule has 5 heteroatoms. The molecule has 1 fully saturated rings. The lowest BCUT2D eigenvalue weighted by Gasteiger charge is -2.29. The number of hydrogen-bond donors (Lipinski definition) is 1. The van der Waals surface area contributed by atoms with Gasteiger partial charge in [0.1, 0.15) is 13.2 Å². The lowest BCUT2D eigenvalue weighted by atomic mass is 9.88. The van der Waals surface area contributed by atoms with Gasteiger partial charge in [-0.25, -0.2) is 0 Å². The number of ether oxygens (including phenoxy) is 1. The minimum Gasteiger partial charge on any atom is -0.480 e. The van der Waals surface area contributed by atoms with Gasteiger partial charge < -0.3 is 14.7 Å². The minimum absolute atomic E-state index is 0.0151. The van der Waals surface area contributed by atoms with E-state index < -0.39 is 5.97 Å². The molecule has 1 rings (SSSR count). The predicted octanol–water partition coefficient (Wildman–Crippen LogP) is 1.12. The smallest absolute Gasteiger partial charge is 0.323 e. The third-order valence-corrected chi connectivity index (χ3v) is 3.25. The molecule has 0 heterocycles. The summed E-state index contributed by atoms with van der Waals surface area (Å²) in [5, 5.41) is 8.56. The van der Waals surface area contributed by atoms with Crippen molar-refractivity contribution in [3.05, 3.63) is 0 Å². The van der Waals surface area contributed by atoms with E-state index in [1.165, 1.54) is 18.4 Å². The van der Waals surface area contributed by atoms with Gasteiger partial charge >= 0.3 is 5.97 Å². The van der Waals surface area contributed by atoms with Crippen LogP contribution in [0.15, 0.2) is 0 Å². The number of nitrogens with zero attached hydrogens (tertiary/aromatic N) is 1. The Hall–Kier alpha value is -1.10. The fourth-order valence-corrected chi connectivity index (χ4v) is 2.11. The Bertz CT molecular complexity index is 280. The molecule has 1 N–H and O–H groups in total.